The second kappa shape index (κ2) is 65.9. The Kier molecular flexibility index (Phi) is 61.0. The number of allylic oxidation sites excluding steroid dienone is 17. The Morgan fingerprint density at radius 3 is 1.13 bits per heavy atom. The molecule has 0 aromatic rings. The van der Waals surface area contributed by atoms with Gasteiger partial charge >= 0.3 is 0 Å². The number of aliphatic hydroxyl groups is 8. The first-order valence-corrected chi connectivity index (χ1v) is 39.6. The summed E-state index contributed by atoms with van der Waals surface area (Å²) in [5.41, 5.74) is 0. The van der Waals surface area contributed by atoms with Crippen molar-refractivity contribution in [3.8, 4) is 0 Å². The Balaban J connectivity index is 1.59. The van der Waals surface area contributed by atoms with E-state index >= 15 is 0 Å². The van der Waals surface area contributed by atoms with E-state index in [1.54, 1.807) is 6.08 Å². The fourth-order valence-electron chi connectivity index (χ4n) is 12.4. The first-order chi connectivity index (χ1) is 47.6. The van der Waals surface area contributed by atoms with E-state index in [0.29, 0.717) is 12.8 Å². The molecule has 2 saturated heterocycles. The van der Waals surface area contributed by atoms with Gasteiger partial charge in [-0.05, 0) is 96.3 Å². The number of hydrogen-bond donors (Lipinski definition) is 9. The fourth-order valence-corrected chi connectivity index (χ4v) is 12.4. The smallest absolute Gasteiger partial charge is 0.220 e. The first-order valence-electron chi connectivity index (χ1n) is 39.6. The monoisotopic (exact) mass is 1360 g/mol. The highest BCUT2D eigenvalue weighted by molar-refractivity contribution is 5.76. The Morgan fingerprint density at radius 1 is 0.381 bits per heavy atom. The van der Waals surface area contributed by atoms with E-state index in [2.05, 4.69) is 116 Å². The van der Waals surface area contributed by atoms with Crippen LogP contribution in [-0.4, -0.2) is 140 Å². The van der Waals surface area contributed by atoms with Crippen molar-refractivity contribution in [2.75, 3.05) is 19.8 Å². The lowest BCUT2D eigenvalue weighted by Gasteiger charge is -2.46. The summed E-state index contributed by atoms with van der Waals surface area (Å²) in [7, 11) is 0. The standard InChI is InChI=1S/C83H145NO13/c1-3-5-7-9-11-13-15-17-19-21-23-25-27-28-29-30-31-32-33-34-35-36-37-38-39-40-41-42-43-44-45-47-49-51-53-55-57-59-61-63-65-67-75(88)84-71(70-94-82-80(93)78(91)81(74(69-86)96-82)97-83-79(92)77(90)76(89)73(68-85)95-83)72(87)66-64-62-60-58-56-54-52-50-48-46-26-24-22-20-18-16-14-12-10-8-6-4-2/h5,7,11,13,17,19,23,25,28-29,31-32,48,50,56,58,64,66,71-74,76-83,85-87,89-93H,3-4,6,8-10,12,14-16,18,20-22,24,26-27,30,33-47,49,51-55,57,59-63,65,67-70H2,1-2H3,(H,84,88)/b7-5-,13-11-,19-17-,25-23-,29-28-,32-31-,50-48+,58-56+,66-64+. The average molecular weight is 1370 g/mol. The van der Waals surface area contributed by atoms with E-state index in [4.69, 9.17) is 18.9 Å². The molecule has 2 rings (SSSR count). The number of amides is 1. The molecule has 2 fully saturated rings. The highest BCUT2D eigenvalue weighted by Crippen LogP contribution is 2.30. The molecule has 14 heteroatoms. The van der Waals surface area contributed by atoms with Crippen molar-refractivity contribution < 1.29 is 64.6 Å². The fraction of sp³-hybridized carbons (Fsp3) is 0.771. The van der Waals surface area contributed by atoms with Crippen LogP contribution in [0.15, 0.2) is 109 Å². The third kappa shape index (κ3) is 49.0. The number of aliphatic hydroxyl groups excluding tert-OH is 8. The molecule has 0 radical (unpaired) electrons. The van der Waals surface area contributed by atoms with Gasteiger partial charge in [0.05, 0.1) is 32.0 Å². The predicted octanol–water partition coefficient (Wildman–Crippen LogP) is 17.9. The van der Waals surface area contributed by atoms with Gasteiger partial charge < -0.3 is 65.1 Å². The zero-order valence-electron chi connectivity index (χ0n) is 61.3. The molecule has 97 heavy (non-hydrogen) atoms. The number of unbranched alkanes of at least 4 members (excludes halogenated alkanes) is 36. The van der Waals surface area contributed by atoms with Crippen LogP contribution in [0, 0.1) is 0 Å². The normalized spacial score (nSPS) is 22.7. The number of carbonyl (C=O) groups excluding carboxylic acids is 1. The quantitative estimate of drug-likeness (QED) is 0.0204. The summed E-state index contributed by atoms with van der Waals surface area (Å²) in [6.07, 6.45) is 78.9. The van der Waals surface area contributed by atoms with E-state index in [1.807, 2.05) is 6.08 Å². The Hall–Kier alpha value is -3.35. The molecule has 0 aliphatic carbocycles. The Morgan fingerprint density at radius 2 is 0.722 bits per heavy atom. The summed E-state index contributed by atoms with van der Waals surface area (Å²) in [4.78, 5) is 13.4. The minimum atomic E-state index is -1.80. The molecule has 2 aliphatic heterocycles. The van der Waals surface area contributed by atoms with E-state index < -0.39 is 86.8 Å². The summed E-state index contributed by atoms with van der Waals surface area (Å²) >= 11 is 0. The summed E-state index contributed by atoms with van der Waals surface area (Å²) < 4.78 is 22.9. The molecule has 9 N–H and O–H groups in total. The highest BCUT2D eigenvalue weighted by Gasteiger charge is 2.51. The molecule has 12 atom stereocenters. The van der Waals surface area contributed by atoms with Crippen LogP contribution in [0.4, 0.5) is 0 Å². The average Bonchev–Trinajstić information content (AvgIpc) is 0.794. The van der Waals surface area contributed by atoms with E-state index in [9.17, 15) is 45.6 Å². The van der Waals surface area contributed by atoms with Crippen LogP contribution in [0.3, 0.4) is 0 Å². The topological polar surface area (TPSA) is 228 Å². The van der Waals surface area contributed by atoms with Crippen molar-refractivity contribution in [3.63, 3.8) is 0 Å². The number of carbonyl (C=O) groups is 1. The lowest BCUT2D eigenvalue weighted by Crippen LogP contribution is -2.65. The van der Waals surface area contributed by atoms with Crippen LogP contribution in [0.2, 0.25) is 0 Å². The van der Waals surface area contributed by atoms with E-state index in [0.717, 1.165) is 83.5 Å². The van der Waals surface area contributed by atoms with Crippen molar-refractivity contribution >= 4 is 5.91 Å². The van der Waals surface area contributed by atoms with Crippen molar-refractivity contribution in [2.24, 2.45) is 0 Å². The van der Waals surface area contributed by atoms with Crippen LogP contribution in [0.25, 0.3) is 0 Å². The van der Waals surface area contributed by atoms with Gasteiger partial charge in [-0.15, -0.1) is 0 Å². The summed E-state index contributed by atoms with van der Waals surface area (Å²) in [6, 6.07) is -0.943. The van der Waals surface area contributed by atoms with Crippen LogP contribution < -0.4 is 5.32 Å². The zero-order valence-corrected chi connectivity index (χ0v) is 61.3. The van der Waals surface area contributed by atoms with Crippen molar-refractivity contribution in [3.05, 3.63) is 109 Å². The minimum Gasteiger partial charge on any atom is -0.394 e. The van der Waals surface area contributed by atoms with E-state index in [-0.39, 0.29) is 18.9 Å². The van der Waals surface area contributed by atoms with Crippen LogP contribution in [0.5, 0.6) is 0 Å². The maximum atomic E-state index is 13.4. The predicted molar refractivity (Wildman–Crippen MR) is 401 cm³/mol. The molecule has 560 valence electrons. The Labute approximate surface area is 591 Å². The molecule has 14 nitrogen and oxygen atoms in total. The lowest BCUT2D eigenvalue weighted by atomic mass is 9.97. The third-order valence-corrected chi connectivity index (χ3v) is 18.7. The lowest BCUT2D eigenvalue weighted by molar-refractivity contribution is -0.359. The van der Waals surface area contributed by atoms with Gasteiger partial charge in [-0.25, -0.2) is 0 Å². The highest BCUT2D eigenvalue weighted by atomic mass is 16.7. The van der Waals surface area contributed by atoms with Crippen molar-refractivity contribution in [2.45, 2.75) is 389 Å². The molecule has 1 amide bonds. The molecule has 0 saturated carbocycles. The first kappa shape index (κ1) is 89.7. The van der Waals surface area contributed by atoms with Gasteiger partial charge in [0.25, 0.3) is 0 Å². The Bertz CT molecular complexity index is 2050. The molecule has 0 aromatic carbocycles. The summed E-state index contributed by atoms with van der Waals surface area (Å²) in [5, 5.41) is 87.6. The van der Waals surface area contributed by atoms with Crippen molar-refractivity contribution in [1.29, 1.82) is 0 Å². The van der Waals surface area contributed by atoms with Crippen LogP contribution in [0.1, 0.15) is 316 Å². The second-order valence-corrected chi connectivity index (χ2v) is 27.4. The molecule has 0 aromatic heterocycles. The molecule has 12 unspecified atom stereocenters. The second-order valence-electron chi connectivity index (χ2n) is 27.4. The van der Waals surface area contributed by atoms with Gasteiger partial charge in [-0.3, -0.25) is 4.79 Å². The van der Waals surface area contributed by atoms with Crippen LogP contribution >= 0.6 is 0 Å². The van der Waals surface area contributed by atoms with Gasteiger partial charge in [0, 0.05) is 6.42 Å². The van der Waals surface area contributed by atoms with Gasteiger partial charge in [0.1, 0.15) is 48.8 Å². The van der Waals surface area contributed by atoms with E-state index in [1.165, 1.54) is 199 Å². The maximum Gasteiger partial charge on any atom is 0.220 e. The zero-order chi connectivity index (χ0) is 70.1. The van der Waals surface area contributed by atoms with Gasteiger partial charge in [-0.1, -0.05) is 322 Å². The van der Waals surface area contributed by atoms with Gasteiger partial charge in [-0.2, -0.15) is 0 Å². The number of rotatable bonds is 65. The SMILES string of the molecule is CC/C=C\C/C=C\C/C=C\C/C=C\C/C=C\C/C=C\CCCCCCCCCCCCCCCCCCCCCCCCC(=O)NC(COC1OC(CO)C(OC2OC(CO)C(O)C(O)C2O)C(O)C1O)C(O)/C=C/CC/C=C/CC/C=C/CCCCCCCCCCCCCC. The largest absolute Gasteiger partial charge is 0.394 e. The number of nitrogens with one attached hydrogen (secondary N) is 1. The number of ether oxygens (including phenoxy) is 4. The maximum absolute atomic E-state index is 13.4. The minimum absolute atomic E-state index is 0.251. The van der Waals surface area contributed by atoms with Gasteiger partial charge in [0.15, 0.2) is 12.6 Å². The molecule has 2 heterocycles. The third-order valence-electron chi connectivity index (χ3n) is 18.7. The van der Waals surface area contributed by atoms with Crippen molar-refractivity contribution in [1.82, 2.24) is 5.32 Å². The summed E-state index contributed by atoms with van der Waals surface area (Å²) in [6.45, 7) is 2.69. The molecular formula is C83H145NO13. The molecule has 2 aliphatic rings. The van der Waals surface area contributed by atoms with Crippen LogP contribution in [-0.2, 0) is 23.7 Å². The molecule has 0 bridgehead atoms. The molecular weight excluding hydrogens is 1220 g/mol. The number of hydrogen-bond acceptors (Lipinski definition) is 13. The van der Waals surface area contributed by atoms with Gasteiger partial charge in [0.2, 0.25) is 5.91 Å². The molecule has 0 spiro atoms. The summed E-state index contributed by atoms with van der Waals surface area (Å²) in [5.74, 6) is -0.251.